The van der Waals surface area contributed by atoms with Crippen LogP contribution >= 0.6 is 15.9 Å². The molecule has 3 rings (SSSR count). The lowest BCUT2D eigenvalue weighted by Crippen LogP contribution is -2.40. The van der Waals surface area contributed by atoms with Gasteiger partial charge in [0.05, 0.1) is 6.07 Å². The van der Waals surface area contributed by atoms with Gasteiger partial charge in [-0.1, -0.05) is 15.9 Å². The molecule has 0 spiro atoms. The molecule has 1 N–H and O–H groups in total. The molecule has 2 unspecified atom stereocenters. The van der Waals surface area contributed by atoms with E-state index in [2.05, 4.69) is 39.1 Å². The maximum Gasteiger partial charge on any atom is 0.139 e. The van der Waals surface area contributed by atoms with E-state index in [1.54, 1.807) is 0 Å². The van der Waals surface area contributed by atoms with E-state index < -0.39 is 5.54 Å². The molecule has 100 valence electrons. The molecule has 0 aromatic heterocycles. The monoisotopic (exact) mass is 319 g/mol. The molecule has 1 saturated carbocycles. The zero-order valence-corrected chi connectivity index (χ0v) is 12.7. The van der Waals surface area contributed by atoms with Crippen molar-refractivity contribution in [3.8, 4) is 6.07 Å². The van der Waals surface area contributed by atoms with Gasteiger partial charge in [-0.3, -0.25) is 4.90 Å². The van der Waals surface area contributed by atoms with Gasteiger partial charge in [0.1, 0.15) is 5.54 Å². The van der Waals surface area contributed by atoms with Crippen molar-refractivity contribution in [2.24, 2.45) is 0 Å². The van der Waals surface area contributed by atoms with Crippen LogP contribution in [-0.2, 0) is 0 Å². The maximum atomic E-state index is 9.62. The minimum atomic E-state index is -0.435. The molecule has 0 amide bonds. The Morgan fingerprint density at radius 2 is 2.05 bits per heavy atom. The van der Waals surface area contributed by atoms with Crippen LogP contribution in [0.4, 0.5) is 5.69 Å². The molecule has 2 fully saturated rings. The number of likely N-dealkylation sites (tertiary alicyclic amines) is 1. The second kappa shape index (κ2) is 4.81. The Kier molecular flexibility index (Phi) is 3.28. The van der Waals surface area contributed by atoms with Crippen molar-refractivity contribution >= 4 is 21.6 Å². The van der Waals surface area contributed by atoms with Crippen LogP contribution in [0.1, 0.15) is 26.2 Å². The molecule has 1 aromatic carbocycles. The molecular weight excluding hydrogens is 302 g/mol. The zero-order valence-electron chi connectivity index (χ0n) is 11.1. The standard InChI is InChI=1S/C15H18BrN3/c1-11-8-15(9-17,10-19(11)14-6-7-14)18-13-4-2-12(16)3-5-13/h2-5,11,14,18H,6-8,10H2,1H3. The van der Waals surface area contributed by atoms with Gasteiger partial charge >= 0.3 is 0 Å². The second-order valence-corrected chi connectivity index (χ2v) is 6.70. The Hall–Kier alpha value is -1.05. The fourth-order valence-electron chi connectivity index (χ4n) is 3.06. The molecule has 4 heteroatoms. The van der Waals surface area contributed by atoms with Gasteiger partial charge in [0.25, 0.3) is 0 Å². The van der Waals surface area contributed by atoms with Gasteiger partial charge in [0, 0.05) is 35.2 Å². The van der Waals surface area contributed by atoms with Gasteiger partial charge in [-0.2, -0.15) is 5.26 Å². The second-order valence-electron chi connectivity index (χ2n) is 5.78. The molecule has 0 radical (unpaired) electrons. The molecule has 2 aliphatic rings. The summed E-state index contributed by atoms with van der Waals surface area (Å²) in [5.41, 5.74) is 0.588. The number of hydrogen-bond donors (Lipinski definition) is 1. The summed E-state index contributed by atoms with van der Waals surface area (Å²) in [5.74, 6) is 0. The Balaban J connectivity index is 1.77. The minimum Gasteiger partial charge on any atom is -0.366 e. The lowest BCUT2D eigenvalue weighted by molar-refractivity contribution is 0.255. The van der Waals surface area contributed by atoms with Crippen molar-refractivity contribution in [2.45, 2.75) is 43.8 Å². The van der Waals surface area contributed by atoms with Crippen molar-refractivity contribution in [2.75, 3.05) is 11.9 Å². The van der Waals surface area contributed by atoms with Crippen LogP contribution in [0.2, 0.25) is 0 Å². The van der Waals surface area contributed by atoms with Crippen molar-refractivity contribution < 1.29 is 0 Å². The van der Waals surface area contributed by atoms with Gasteiger partial charge in [-0.15, -0.1) is 0 Å². The lowest BCUT2D eigenvalue weighted by atomic mass is 9.98. The summed E-state index contributed by atoms with van der Waals surface area (Å²) in [4.78, 5) is 2.50. The third-order valence-corrected chi connectivity index (χ3v) is 4.65. The van der Waals surface area contributed by atoms with E-state index in [0.29, 0.717) is 6.04 Å². The highest BCUT2D eigenvalue weighted by atomic mass is 79.9. The average molecular weight is 320 g/mol. The molecule has 2 atom stereocenters. The first-order valence-electron chi connectivity index (χ1n) is 6.83. The SMILES string of the molecule is CC1CC(C#N)(Nc2ccc(Br)cc2)CN1C1CC1. The first kappa shape index (κ1) is 13.0. The largest absolute Gasteiger partial charge is 0.366 e. The zero-order chi connectivity index (χ0) is 13.5. The molecule has 19 heavy (non-hydrogen) atoms. The molecule has 1 aliphatic carbocycles. The molecule has 1 heterocycles. The lowest BCUT2D eigenvalue weighted by Gasteiger charge is -2.24. The Bertz CT molecular complexity index is 503. The van der Waals surface area contributed by atoms with Gasteiger partial charge in [-0.05, 0) is 44.0 Å². The third-order valence-electron chi connectivity index (χ3n) is 4.12. The molecule has 1 aliphatic heterocycles. The van der Waals surface area contributed by atoms with Crippen LogP contribution in [0.3, 0.4) is 0 Å². The van der Waals surface area contributed by atoms with Crippen LogP contribution in [0.5, 0.6) is 0 Å². The van der Waals surface area contributed by atoms with Gasteiger partial charge in [0.15, 0.2) is 0 Å². The predicted molar refractivity (Wildman–Crippen MR) is 79.9 cm³/mol. The fraction of sp³-hybridized carbons (Fsp3) is 0.533. The number of nitrogens with one attached hydrogen (secondary N) is 1. The quantitative estimate of drug-likeness (QED) is 0.928. The Labute approximate surface area is 122 Å². The molecular formula is C15H18BrN3. The third kappa shape index (κ3) is 2.63. The van der Waals surface area contributed by atoms with E-state index in [-0.39, 0.29) is 0 Å². The number of benzene rings is 1. The van der Waals surface area contributed by atoms with Crippen LogP contribution < -0.4 is 5.32 Å². The van der Waals surface area contributed by atoms with E-state index in [1.165, 1.54) is 12.8 Å². The maximum absolute atomic E-state index is 9.62. The summed E-state index contributed by atoms with van der Waals surface area (Å²) < 4.78 is 1.06. The van der Waals surface area contributed by atoms with Crippen LogP contribution in [-0.4, -0.2) is 29.1 Å². The summed E-state index contributed by atoms with van der Waals surface area (Å²) in [5, 5.41) is 13.1. The van der Waals surface area contributed by atoms with Crippen LogP contribution in [0.15, 0.2) is 28.7 Å². The van der Waals surface area contributed by atoms with E-state index >= 15 is 0 Å². The number of nitriles is 1. The first-order valence-corrected chi connectivity index (χ1v) is 7.62. The number of rotatable bonds is 3. The average Bonchev–Trinajstić information content (AvgIpc) is 3.18. The van der Waals surface area contributed by atoms with Crippen LogP contribution in [0.25, 0.3) is 0 Å². The highest BCUT2D eigenvalue weighted by molar-refractivity contribution is 9.10. The minimum absolute atomic E-state index is 0.435. The summed E-state index contributed by atoms with van der Waals surface area (Å²) in [6.45, 7) is 3.08. The molecule has 1 aromatic rings. The van der Waals surface area contributed by atoms with Gasteiger partial charge in [-0.25, -0.2) is 0 Å². The summed E-state index contributed by atoms with van der Waals surface area (Å²) >= 11 is 3.43. The number of halogens is 1. The molecule has 0 bridgehead atoms. The number of anilines is 1. The van der Waals surface area contributed by atoms with Crippen molar-refractivity contribution in [1.82, 2.24) is 4.90 Å². The van der Waals surface area contributed by atoms with E-state index in [9.17, 15) is 5.26 Å². The predicted octanol–water partition coefficient (Wildman–Crippen LogP) is 3.38. The smallest absolute Gasteiger partial charge is 0.139 e. The van der Waals surface area contributed by atoms with Gasteiger partial charge in [0.2, 0.25) is 0 Å². The number of hydrogen-bond acceptors (Lipinski definition) is 3. The van der Waals surface area contributed by atoms with E-state index in [1.807, 2.05) is 24.3 Å². The summed E-state index contributed by atoms with van der Waals surface area (Å²) in [6.07, 6.45) is 3.49. The van der Waals surface area contributed by atoms with Crippen molar-refractivity contribution in [3.63, 3.8) is 0 Å². The highest BCUT2D eigenvalue weighted by Crippen LogP contribution is 2.38. The Morgan fingerprint density at radius 1 is 1.37 bits per heavy atom. The normalized spacial score (nSPS) is 31.1. The fourth-order valence-corrected chi connectivity index (χ4v) is 3.32. The van der Waals surface area contributed by atoms with Crippen LogP contribution in [0, 0.1) is 11.3 Å². The summed E-state index contributed by atoms with van der Waals surface area (Å²) in [7, 11) is 0. The van der Waals surface area contributed by atoms with Crippen molar-refractivity contribution in [3.05, 3.63) is 28.7 Å². The molecule has 3 nitrogen and oxygen atoms in total. The van der Waals surface area contributed by atoms with E-state index in [4.69, 9.17) is 0 Å². The number of nitrogens with zero attached hydrogens (tertiary/aromatic N) is 2. The van der Waals surface area contributed by atoms with Crippen molar-refractivity contribution in [1.29, 1.82) is 5.26 Å². The highest BCUT2D eigenvalue weighted by Gasteiger charge is 2.47. The molecule has 1 saturated heterocycles. The topological polar surface area (TPSA) is 39.1 Å². The summed E-state index contributed by atoms with van der Waals surface area (Å²) in [6, 6.07) is 11.8. The van der Waals surface area contributed by atoms with E-state index in [0.717, 1.165) is 29.2 Å². The Morgan fingerprint density at radius 3 is 2.63 bits per heavy atom. The first-order chi connectivity index (χ1) is 9.12. The van der Waals surface area contributed by atoms with Gasteiger partial charge < -0.3 is 5.32 Å².